The molecule has 0 radical (unpaired) electrons. The number of nitriles is 1. The molecule has 1 N–H and O–H groups in total. The summed E-state index contributed by atoms with van der Waals surface area (Å²) in [6.45, 7) is 7.11. The summed E-state index contributed by atoms with van der Waals surface area (Å²) in [6, 6.07) is 11.1. The monoisotopic (exact) mass is 367 g/mol. The van der Waals surface area contributed by atoms with E-state index in [4.69, 9.17) is 5.26 Å². The van der Waals surface area contributed by atoms with Crippen molar-refractivity contribution < 1.29 is 4.79 Å². The fourth-order valence-electron chi connectivity index (χ4n) is 4.76. The van der Waals surface area contributed by atoms with Gasteiger partial charge in [-0.1, -0.05) is 0 Å². The first-order chi connectivity index (χ1) is 13.1. The van der Waals surface area contributed by atoms with Gasteiger partial charge in [-0.05, 0) is 63.4 Å². The smallest absolute Gasteiger partial charge is 0.317 e. The summed E-state index contributed by atoms with van der Waals surface area (Å²) in [6.07, 6.45) is 4.41. The molecule has 1 aromatic rings. The van der Waals surface area contributed by atoms with Crippen LogP contribution in [0.1, 0.15) is 38.2 Å². The third-order valence-corrected chi connectivity index (χ3v) is 6.38. The van der Waals surface area contributed by atoms with Gasteiger partial charge < -0.3 is 15.1 Å². The summed E-state index contributed by atoms with van der Waals surface area (Å²) in [7, 11) is 0. The van der Waals surface area contributed by atoms with E-state index in [0.717, 1.165) is 44.7 Å². The summed E-state index contributed by atoms with van der Waals surface area (Å²) >= 11 is 0. The van der Waals surface area contributed by atoms with Crippen molar-refractivity contribution in [1.29, 1.82) is 5.26 Å². The molecule has 2 amide bonds. The maximum absolute atomic E-state index is 12.8. The van der Waals surface area contributed by atoms with Gasteiger partial charge in [-0.25, -0.2) is 4.79 Å². The maximum atomic E-state index is 12.8. The first-order valence-electron chi connectivity index (χ1n) is 10.2. The van der Waals surface area contributed by atoms with E-state index < -0.39 is 0 Å². The number of fused-ring (bicyclic) bond motifs is 1. The predicted octanol–water partition coefficient (Wildman–Crippen LogP) is 2.41. The van der Waals surface area contributed by atoms with Crippen molar-refractivity contribution in [3.05, 3.63) is 29.8 Å². The standard InChI is InChI=1S/C21H29N5O/c1-16-14-25-10-2-3-20(25)15-26(16)21(27)23-18-8-11-24(12-9-18)19-6-4-17(13-22)5-7-19/h4-7,16,18,20H,2-3,8-12,14-15H2,1H3,(H,23,27). The van der Waals surface area contributed by atoms with Crippen molar-refractivity contribution in [2.45, 2.75) is 50.7 Å². The van der Waals surface area contributed by atoms with Crippen LogP contribution in [-0.2, 0) is 0 Å². The van der Waals surface area contributed by atoms with Crippen LogP contribution >= 0.6 is 0 Å². The van der Waals surface area contributed by atoms with E-state index in [1.807, 2.05) is 24.3 Å². The first kappa shape index (κ1) is 18.1. The minimum absolute atomic E-state index is 0.117. The predicted molar refractivity (Wildman–Crippen MR) is 106 cm³/mol. The molecular weight excluding hydrogens is 338 g/mol. The van der Waals surface area contributed by atoms with Crippen LogP contribution < -0.4 is 10.2 Å². The van der Waals surface area contributed by atoms with Gasteiger partial charge in [-0.15, -0.1) is 0 Å². The van der Waals surface area contributed by atoms with E-state index in [1.54, 1.807) is 0 Å². The molecule has 3 fully saturated rings. The molecule has 0 saturated carbocycles. The fraction of sp³-hybridized carbons (Fsp3) is 0.619. The second-order valence-corrected chi connectivity index (χ2v) is 8.16. The van der Waals surface area contributed by atoms with E-state index in [2.05, 4.69) is 33.0 Å². The number of hydrogen-bond acceptors (Lipinski definition) is 4. The van der Waals surface area contributed by atoms with Crippen LogP contribution in [0.15, 0.2) is 24.3 Å². The molecular formula is C21H29N5O. The zero-order valence-electron chi connectivity index (χ0n) is 16.1. The number of amides is 2. The van der Waals surface area contributed by atoms with Crippen molar-refractivity contribution in [2.24, 2.45) is 0 Å². The number of hydrogen-bond donors (Lipinski definition) is 1. The van der Waals surface area contributed by atoms with Crippen LogP contribution in [0.4, 0.5) is 10.5 Å². The molecule has 0 aliphatic carbocycles. The molecule has 144 valence electrons. The van der Waals surface area contributed by atoms with Crippen molar-refractivity contribution >= 4 is 11.7 Å². The number of urea groups is 1. The molecule has 3 heterocycles. The Bertz CT molecular complexity index is 704. The van der Waals surface area contributed by atoms with Gasteiger partial charge in [0.25, 0.3) is 0 Å². The van der Waals surface area contributed by atoms with Crippen LogP contribution in [0.5, 0.6) is 0 Å². The molecule has 2 atom stereocenters. The second kappa shape index (κ2) is 7.77. The van der Waals surface area contributed by atoms with E-state index in [-0.39, 0.29) is 18.1 Å². The van der Waals surface area contributed by atoms with Crippen molar-refractivity contribution in [1.82, 2.24) is 15.1 Å². The first-order valence-corrected chi connectivity index (χ1v) is 10.2. The molecule has 0 bridgehead atoms. The van der Waals surface area contributed by atoms with E-state index in [9.17, 15) is 4.79 Å². The SMILES string of the molecule is CC1CN2CCCC2CN1C(=O)NC1CCN(c2ccc(C#N)cc2)CC1. The van der Waals surface area contributed by atoms with Gasteiger partial charge in [0.05, 0.1) is 11.6 Å². The van der Waals surface area contributed by atoms with E-state index in [0.29, 0.717) is 11.6 Å². The molecule has 3 saturated heterocycles. The Hall–Kier alpha value is -2.26. The Balaban J connectivity index is 1.28. The van der Waals surface area contributed by atoms with E-state index >= 15 is 0 Å². The molecule has 3 aliphatic rings. The highest BCUT2D eigenvalue weighted by Gasteiger charge is 2.37. The summed E-state index contributed by atoms with van der Waals surface area (Å²) in [5.41, 5.74) is 1.85. The van der Waals surface area contributed by atoms with Crippen LogP contribution in [0.2, 0.25) is 0 Å². The lowest BCUT2D eigenvalue weighted by molar-refractivity contribution is 0.0786. The van der Waals surface area contributed by atoms with Crippen molar-refractivity contribution in [2.75, 3.05) is 37.6 Å². The zero-order chi connectivity index (χ0) is 18.8. The molecule has 6 nitrogen and oxygen atoms in total. The average molecular weight is 367 g/mol. The van der Waals surface area contributed by atoms with E-state index in [1.165, 1.54) is 19.4 Å². The number of carbonyl (C=O) groups is 1. The van der Waals surface area contributed by atoms with Gasteiger partial charge >= 0.3 is 6.03 Å². The van der Waals surface area contributed by atoms with Gasteiger partial charge in [-0.2, -0.15) is 5.26 Å². The topological polar surface area (TPSA) is 62.6 Å². The molecule has 27 heavy (non-hydrogen) atoms. The molecule has 0 spiro atoms. The lowest BCUT2D eigenvalue weighted by atomic mass is 10.0. The molecule has 4 rings (SSSR count). The zero-order valence-corrected chi connectivity index (χ0v) is 16.1. The Morgan fingerprint density at radius 2 is 1.85 bits per heavy atom. The van der Waals surface area contributed by atoms with Gasteiger partial charge in [0.2, 0.25) is 0 Å². The molecule has 2 unspecified atom stereocenters. The van der Waals surface area contributed by atoms with Gasteiger partial charge in [0, 0.05) is 50.0 Å². The second-order valence-electron chi connectivity index (χ2n) is 8.16. The number of rotatable bonds is 2. The Kier molecular flexibility index (Phi) is 5.22. The minimum atomic E-state index is 0.117. The molecule has 3 aliphatic heterocycles. The summed E-state index contributed by atoms with van der Waals surface area (Å²) in [4.78, 5) is 19.8. The Morgan fingerprint density at radius 3 is 2.56 bits per heavy atom. The normalized spacial score (nSPS) is 26.5. The van der Waals surface area contributed by atoms with Gasteiger partial charge in [-0.3, -0.25) is 4.90 Å². The maximum Gasteiger partial charge on any atom is 0.317 e. The number of benzene rings is 1. The summed E-state index contributed by atoms with van der Waals surface area (Å²) in [5.74, 6) is 0. The summed E-state index contributed by atoms with van der Waals surface area (Å²) in [5, 5.41) is 12.2. The quantitative estimate of drug-likeness (QED) is 0.872. The largest absolute Gasteiger partial charge is 0.371 e. The van der Waals surface area contributed by atoms with Gasteiger partial charge in [0.1, 0.15) is 0 Å². The lowest BCUT2D eigenvalue weighted by Gasteiger charge is -2.43. The molecule has 0 aromatic heterocycles. The number of nitrogens with one attached hydrogen (secondary N) is 1. The number of carbonyl (C=O) groups excluding carboxylic acids is 1. The number of piperidine rings is 1. The number of anilines is 1. The summed E-state index contributed by atoms with van der Waals surface area (Å²) < 4.78 is 0. The van der Waals surface area contributed by atoms with Crippen LogP contribution in [0.3, 0.4) is 0 Å². The van der Waals surface area contributed by atoms with Crippen molar-refractivity contribution in [3.63, 3.8) is 0 Å². The third-order valence-electron chi connectivity index (χ3n) is 6.38. The van der Waals surface area contributed by atoms with Crippen molar-refractivity contribution in [3.8, 4) is 6.07 Å². The lowest BCUT2D eigenvalue weighted by Crippen LogP contribution is -2.60. The average Bonchev–Trinajstić information content (AvgIpc) is 3.15. The Morgan fingerprint density at radius 1 is 1.11 bits per heavy atom. The minimum Gasteiger partial charge on any atom is -0.371 e. The van der Waals surface area contributed by atoms with Gasteiger partial charge in [0.15, 0.2) is 0 Å². The third kappa shape index (κ3) is 3.89. The van der Waals surface area contributed by atoms with Crippen LogP contribution in [-0.4, -0.2) is 66.7 Å². The fourth-order valence-corrected chi connectivity index (χ4v) is 4.76. The number of nitrogens with zero attached hydrogens (tertiary/aromatic N) is 4. The highest BCUT2D eigenvalue weighted by atomic mass is 16.2. The van der Waals surface area contributed by atoms with Crippen LogP contribution in [0, 0.1) is 11.3 Å². The highest BCUT2D eigenvalue weighted by molar-refractivity contribution is 5.75. The molecule has 1 aromatic carbocycles. The molecule has 6 heteroatoms. The number of piperazine rings is 1. The highest BCUT2D eigenvalue weighted by Crippen LogP contribution is 2.25. The Labute approximate surface area is 161 Å². The van der Waals surface area contributed by atoms with Crippen LogP contribution in [0.25, 0.3) is 0 Å².